The zero-order valence-corrected chi connectivity index (χ0v) is 25.8. The number of benzene rings is 6. The summed E-state index contributed by atoms with van der Waals surface area (Å²) in [6, 6.07) is 41.9. The highest BCUT2D eigenvalue weighted by atomic mass is 16.3. The average Bonchev–Trinajstić information content (AvgIpc) is 3.83. The Balaban J connectivity index is 1.35. The molecule has 5 heteroatoms. The summed E-state index contributed by atoms with van der Waals surface area (Å²) >= 11 is 0. The lowest BCUT2D eigenvalue weighted by Crippen LogP contribution is -2.55. The Morgan fingerprint density at radius 2 is 1.28 bits per heavy atom. The van der Waals surface area contributed by atoms with Crippen molar-refractivity contribution < 1.29 is 8.83 Å². The van der Waals surface area contributed by atoms with Gasteiger partial charge in [-0.15, -0.1) is 0 Å². The molecule has 4 nitrogen and oxygen atoms in total. The van der Waals surface area contributed by atoms with Gasteiger partial charge in [-0.3, -0.25) is 4.57 Å². The molecule has 10 aromatic rings. The standard InChI is InChI=1S/C42H25BN2O2/c1-22-10-7-11-23(2)35(22)24-20-30-25-14-8-16-29-38(25)45(40-27-13-4-6-19-34(27)46-41(29)40)43-31-17-9-15-28-36-26-12-3-5-18-33(26)47-42(36)44(39(28)31)32(21-24)37(30)43/h3-21H,1-2H3. The number of furan rings is 2. The van der Waals surface area contributed by atoms with Crippen molar-refractivity contribution in [2.45, 2.75) is 13.8 Å². The molecule has 0 bridgehead atoms. The summed E-state index contributed by atoms with van der Waals surface area (Å²) in [6.07, 6.45) is 0. The first-order chi connectivity index (χ1) is 23.2. The average molecular weight is 600 g/mol. The van der Waals surface area contributed by atoms with E-state index >= 15 is 0 Å². The fourth-order valence-corrected chi connectivity index (χ4v) is 9.21. The largest absolute Gasteiger partial charge is 0.454 e. The second-order valence-corrected chi connectivity index (χ2v) is 13.3. The molecule has 218 valence electrons. The van der Waals surface area contributed by atoms with Crippen molar-refractivity contribution in [3.63, 3.8) is 0 Å². The van der Waals surface area contributed by atoms with Gasteiger partial charge < -0.3 is 13.3 Å². The maximum atomic E-state index is 6.79. The fourth-order valence-electron chi connectivity index (χ4n) is 9.21. The highest BCUT2D eigenvalue weighted by Crippen LogP contribution is 2.47. The van der Waals surface area contributed by atoms with E-state index in [1.54, 1.807) is 0 Å². The maximum Gasteiger partial charge on any atom is 0.333 e. The van der Waals surface area contributed by atoms with Crippen LogP contribution in [0.2, 0.25) is 0 Å². The minimum atomic E-state index is -0.0376. The van der Waals surface area contributed by atoms with Crippen LogP contribution in [0.25, 0.3) is 93.9 Å². The monoisotopic (exact) mass is 600 g/mol. The van der Waals surface area contributed by atoms with Gasteiger partial charge in [0.15, 0.2) is 5.58 Å². The Labute approximate surface area is 269 Å². The van der Waals surface area contributed by atoms with Crippen LogP contribution < -0.4 is 10.9 Å². The van der Waals surface area contributed by atoms with Crippen molar-refractivity contribution in [2.75, 3.05) is 0 Å². The van der Waals surface area contributed by atoms with Crippen LogP contribution in [0.4, 0.5) is 0 Å². The van der Waals surface area contributed by atoms with Gasteiger partial charge in [0.2, 0.25) is 5.71 Å². The van der Waals surface area contributed by atoms with E-state index in [0.29, 0.717) is 0 Å². The molecule has 0 spiro atoms. The summed E-state index contributed by atoms with van der Waals surface area (Å²) in [5.74, 6) is 0. The second kappa shape index (κ2) is 8.07. The molecule has 6 aromatic carbocycles. The van der Waals surface area contributed by atoms with E-state index in [0.717, 1.165) is 44.1 Å². The Bertz CT molecular complexity index is 3040. The summed E-state index contributed by atoms with van der Waals surface area (Å²) in [7, 11) is 0. The van der Waals surface area contributed by atoms with E-state index in [1.165, 1.54) is 71.8 Å². The first-order valence-corrected chi connectivity index (χ1v) is 16.3. The van der Waals surface area contributed by atoms with Crippen LogP contribution in [0, 0.1) is 13.8 Å². The third-order valence-electron chi connectivity index (χ3n) is 11.0. The first-order valence-electron chi connectivity index (χ1n) is 16.3. The van der Waals surface area contributed by atoms with E-state index in [-0.39, 0.29) is 6.85 Å². The minimum Gasteiger partial charge on any atom is -0.454 e. The molecule has 2 aliphatic heterocycles. The van der Waals surface area contributed by atoms with Crippen molar-refractivity contribution >= 4 is 83.7 Å². The van der Waals surface area contributed by atoms with E-state index in [4.69, 9.17) is 8.83 Å². The summed E-state index contributed by atoms with van der Waals surface area (Å²) < 4.78 is 18.5. The van der Waals surface area contributed by atoms with E-state index in [1.807, 2.05) is 0 Å². The maximum absolute atomic E-state index is 6.79. The zero-order valence-electron chi connectivity index (χ0n) is 25.8. The normalized spacial score (nSPS) is 13.3. The molecule has 0 amide bonds. The van der Waals surface area contributed by atoms with Gasteiger partial charge in [0.05, 0.1) is 16.4 Å². The molecular weight excluding hydrogens is 575 g/mol. The predicted octanol–water partition coefficient (Wildman–Crippen LogP) is 9.62. The van der Waals surface area contributed by atoms with Gasteiger partial charge in [0.25, 0.3) is 0 Å². The molecule has 4 aromatic heterocycles. The number of rotatable bonds is 1. The number of aromatic nitrogens is 2. The second-order valence-electron chi connectivity index (χ2n) is 13.3. The molecule has 12 rings (SSSR count). The smallest absolute Gasteiger partial charge is 0.333 e. The van der Waals surface area contributed by atoms with Gasteiger partial charge in [0, 0.05) is 38.3 Å². The van der Waals surface area contributed by atoms with Crippen LogP contribution in [0.5, 0.6) is 0 Å². The van der Waals surface area contributed by atoms with Crippen LogP contribution in [0.15, 0.2) is 124 Å². The number of hydrogen-bond acceptors (Lipinski definition) is 2. The van der Waals surface area contributed by atoms with E-state index < -0.39 is 0 Å². The molecule has 0 saturated heterocycles. The van der Waals surface area contributed by atoms with Crippen LogP contribution in [-0.2, 0) is 0 Å². The molecule has 6 heterocycles. The van der Waals surface area contributed by atoms with Crippen molar-refractivity contribution in [1.82, 2.24) is 9.05 Å². The highest BCUT2D eigenvalue weighted by Gasteiger charge is 2.43. The van der Waals surface area contributed by atoms with Crippen LogP contribution in [0.3, 0.4) is 0 Å². The molecule has 0 N–H and O–H groups in total. The Morgan fingerprint density at radius 1 is 0.574 bits per heavy atom. The third kappa shape index (κ3) is 2.72. The minimum absolute atomic E-state index is 0.0376. The molecule has 0 atom stereocenters. The highest BCUT2D eigenvalue weighted by molar-refractivity contribution is 6.90. The van der Waals surface area contributed by atoms with Gasteiger partial charge in [-0.2, -0.15) is 0 Å². The van der Waals surface area contributed by atoms with Gasteiger partial charge in [-0.1, -0.05) is 78.9 Å². The predicted molar refractivity (Wildman–Crippen MR) is 194 cm³/mol. The van der Waals surface area contributed by atoms with Gasteiger partial charge >= 0.3 is 6.85 Å². The number of aryl methyl sites for hydroxylation is 2. The molecule has 2 aliphatic rings. The van der Waals surface area contributed by atoms with E-state index in [2.05, 4.69) is 138 Å². The number of nitrogens with zero attached hydrogens (tertiary/aromatic N) is 2. The number of hydrogen-bond donors (Lipinski definition) is 0. The quantitative estimate of drug-likeness (QED) is 0.176. The lowest BCUT2D eigenvalue weighted by Gasteiger charge is -2.34. The zero-order chi connectivity index (χ0) is 30.7. The molecular formula is C42H25BN2O2. The summed E-state index contributed by atoms with van der Waals surface area (Å²) in [4.78, 5) is 0. The summed E-state index contributed by atoms with van der Waals surface area (Å²) in [5, 5.41) is 5.86. The molecule has 0 radical (unpaired) electrons. The van der Waals surface area contributed by atoms with Gasteiger partial charge in [-0.05, 0) is 89.0 Å². The molecule has 0 aliphatic carbocycles. The van der Waals surface area contributed by atoms with Crippen LogP contribution in [-0.4, -0.2) is 15.9 Å². The Kier molecular flexibility index (Phi) is 4.17. The Hall–Kier alpha value is -5.94. The van der Waals surface area contributed by atoms with Crippen LogP contribution in [0.1, 0.15) is 11.1 Å². The van der Waals surface area contributed by atoms with E-state index in [9.17, 15) is 0 Å². The lowest BCUT2D eigenvalue weighted by atomic mass is 9.45. The van der Waals surface area contributed by atoms with Crippen LogP contribution >= 0.6 is 0 Å². The Morgan fingerprint density at radius 3 is 2.13 bits per heavy atom. The summed E-state index contributed by atoms with van der Waals surface area (Å²) in [5.41, 5.74) is 18.7. The summed E-state index contributed by atoms with van der Waals surface area (Å²) in [6.45, 7) is 4.41. The van der Waals surface area contributed by atoms with Gasteiger partial charge in [-0.25, -0.2) is 0 Å². The third-order valence-corrected chi connectivity index (χ3v) is 11.0. The number of fused-ring (bicyclic) bond motifs is 14. The molecule has 0 fully saturated rings. The first kappa shape index (κ1) is 24.3. The van der Waals surface area contributed by atoms with Crippen molar-refractivity contribution in [3.8, 4) is 27.9 Å². The molecule has 0 saturated carbocycles. The van der Waals surface area contributed by atoms with Crippen molar-refractivity contribution in [1.29, 1.82) is 0 Å². The van der Waals surface area contributed by atoms with Crippen molar-refractivity contribution in [3.05, 3.63) is 126 Å². The number of para-hydroxylation sites is 4. The topological polar surface area (TPSA) is 36.1 Å². The molecule has 0 unspecified atom stereocenters. The molecule has 47 heavy (non-hydrogen) atoms. The fraction of sp³-hybridized carbons (Fsp3) is 0.0476. The SMILES string of the molecule is Cc1cccc(C)c1-c1cc2c3c(c1)-n1c4oc5ccccc5c4c4cccc(c41)B3n1c3c-2cccc3c2oc3ccccc3c21. The lowest BCUT2D eigenvalue weighted by molar-refractivity contribution is 0.645. The van der Waals surface area contributed by atoms with Gasteiger partial charge in [0.1, 0.15) is 11.2 Å². The van der Waals surface area contributed by atoms with Crippen molar-refractivity contribution in [2.24, 2.45) is 0 Å².